The van der Waals surface area contributed by atoms with E-state index in [0.717, 1.165) is 19.4 Å². The molecular formula is C12H24N2O3. The Hall–Kier alpha value is -0.650. The number of likely N-dealkylation sites (N-methyl/N-ethyl adjacent to an activating group) is 1. The van der Waals surface area contributed by atoms with Crippen LogP contribution in [-0.2, 0) is 9.53 Å². The van der Waals surface area contributed by atoms with Crippen molar-refractivity contribution in [2.75, 3.05) is 33.4 Å². The topological polar surface area (TPSA) is 61.8 Å². The summed E-state index contributed by atoms with van der Waals surface area (Å²) in [4.78, 5) is 13.9. The zero-order valence-electron chi connectivity index (χ0n) is 11.0. The molecule has 0 unspecified atom stereocenters. The Morgan fingerprint density at radius 2 is 2.12 bits per heavy atom. The molecule has 5 heteroatoms. The molecule has 100 valence electrons. The lowest BCUT2D eigenvalue weighted by Gasteiger charge is -2.31. The highest BCUT2D eigenvalue weighted by atomic mass is 16.5. The van der Waals surface area contributed by atoms with Gasteiger partial charge in [-0.3, -0.25) is 4.79 Å². The second kappa shape index (κ2) is 6.33. The zero-order chi connectivity index (χ0) is 12.9. The summed E-state index contributed by atoms with van der Waals surface area (Å²) in [6, 6.07) is 0. The van der Waals surface area contributed by atoms with Gasteiger partial charge in [0.2, 0.25) is 5.91 Å². The number of ether oxygens (including phenoxy) is 1. The average molecular weight is 244 g/mol. The highest BCUT2D eigenvalue weighted by molar-refractivity contribution is 5.79. The maximum atomic E-state index is 11.9. The number of nitrogens with one attached hydrogen (secondary N) is 1. The van der Waals surface area contributed by atoms with Crippen LogP contribution in [0.4, 0.5) is 0 Å². The van der Waals surface area contributed by atoms with Crippen molar-refractivity contribution in [3.63, 3.8) is 0 Å². The molecule has 1 saturated heterocycles. The molecule has 1 atom stereocenters. The highest BCUT2D eigenvalue weighted by Crippen LogP contribution is 2.15. The van der Waals surface area contributed by atoms with Gasteiger partial charge in [0.1, 0.15) is 5.72 Å². The van der Waals surface area contributed by atoms with Gasteiger partial charge in [-0.2, -0.15) is 0 Å². The molecule has 1 amide bonds. The van der Waals surface area contributed by atoms with Gasteiger partial charge in [-0.05, 0) is 33.4 Å². The molecule has 2 N–H and O–H groups in total. The van der Waals surface area contributed by atoms with Crippen LogP contribution in [0.25, 0.3) is 0 Å². The molecule has 0 aromatic carbocycles. The molecule has 1 rings (SSSR count). The van der Waals surface area contributed by atoms with Crippen molar-refractivity contribution in [3.05, 3.63) is 0 Å². The van der Waals surface area contributed by atoms with Crippen molar-refractivity contribution < 1.29 is 14.6 Å². The first kappa shape index (κ1) is 14.4. The summed E-state index contributed by atoms with van der Waals surface area (Å²) in [7, 11) is 1.91. The molecule has 0 radical (unpaired) electrons. The first-order valence-electron chi connectivity index (χ1n) is 6.25. The smallest absolute Gasteiger partial charge is 0.225 e. The maximum Gasteiger partial charge on any atom is 0.225 e. The predicted octanol–water partition coefficient (Wildman–Crippen LogP) is 0.189. The molecule has 1 aliphatic rings. The third kappa shape index (κ3) is 5.02. The molecule has 0 bridgehead atoms. The van der Waals surface area contributed by atoms with Crippen LogP contribution in [0.5, 0.6) is 0 Å². The minimum atomic E-state index is -1.17. The van der Waals surface area contributed by atoms with Crippen molar-refractivity contribution in [1.29, 1.82) is 0 Å². The third-order valence-corrected chi connectivity index (χ3v) is 3.10. The highest BCUT2D eigenvalue weighted by Gasteiger charge is 2.29. The fourth-order valence-corrected chi connectivity index (χ4v) is 2.00. The summed E-state index contributed by atoms with van der Waals surface area (Å²) in [6.45, 7) is 6.18. The summed E-state index contributed by atoms with van der Waals surface area (Å²) < 4.78 is 5.21. The van der Waals surface area contributed by atoms with E-state index < -0.39 is 5.72 Å². The predicted molar refractivity (Wildman–Crippen MR) is 65.5 cm³/mol. The van der Waals surface area contributed by atoms with Crippen LogP contribution >= 0.6 is 0 Å². The summed E-state index contributed by atoms with van der Waals surface area (Å²) in [5, 5.41) is 12.8. The van der Waals surface area contributed by atoms with E-state index in [2.05, 4.69) is 5.32 Å². The number of aliphatic hydroxyl groups is 1. The van der Waals surface area contributed by atoms with Gasteiger partial charge < -0.3 is 20.1 Å². The van der Waals surface area contributed by atoms with Gasteiger partial charge >= 0.3 is 0 Å². The standard InChI is InChI=1S/C12H24N2O3/c1-4-14(3)9-12(2,16)13-11(15)10-5-7-17-8-6-10/h10,16H,4-9H2,1-3H3,(H,13,15)/t12-/m1/s1. The molecule has 0 aromatic heterocycles. The summed E-state index contributed by atoms with van der Waals surface area (Å²) in [6.07, 6.45) is 1.48. The molecule has 0 aliphatic carbocycles. The summed E-state index contributed by atoms with van der Waals surface area (Å²) in [5.41, 5.74) is -1.17. The Kier molecular flexibility index (Phi) is 5.36. The molecule has 0 saturated carbocycles. The van der Waals surface area contributed by atoms with E-state index in [-0.39, 0.29) is 11.8 Å². The number of nitrogens with zero attached hydrogens (tertiary/aromatic N) is 1. The zero-order valence-corrected chi connectivity index (χ0v) is 11.0. The SMILES string of the molecule is CCN(C)C[C@@](C)(O)NC(=O)C1CCOCC1. The molecule has 5 nitrogen and oxygen atoms in total. The summed E-state index contributed by atoms with van der Waals surface area (Å²) in [5.74, 6) is -0.0926. The molecule has 1 heterocycles. The van der Waals surface area contributed by atoms with E-state index >= 15 is 0 Å². The fraction of sp³-hybridized carbons (Fsp3) is 0.917. The normalized spacial score (nSPS) is 21.2. The van der Waals surface area contributed by atoms with Crippen LogP contribution in [0.3, 0.4) is 0 Å². The second-order valence-electron chi connectivity index (χ2n) is 4.98. The number of carbonyl (C=O) groups is 1. The number of rotatable bonds is 5. The quantitative estimate of drug-likeness (QED) is 0.678. The van der Waals surface area contributed by atoms with E-state index in [1.165, 1.54) is 0 Å². The average Bonchev–Trinajstić information content (AvgIpc) is 2.28. The first-order chi connectivity index (χ1) is 7.94. The van der Waals surface area contributed by atoms with E-state index in [4.69, 9.17) is 4.74 Å². The van der Waals surface area contributed by atoms with Crippen LogP contribution in [-0.4, -0.2) is 55.0 Å². The van der Waals surface area contributed by atoms with Crippen LogP contribution < -0.4 is 5.32 Å². The molecule has 17 heavy (non-hydrogen) atoms. The number of hydrogen-bond acceptors (Lipinski definition) is 4. The maximum absolute atomic E-state index is 11.9. The van der Waals surface area contributed by atoms with Gasteiger partial charge in [0.15, 0.2) is 0 Å². The van der Waals surface area contributed by atoms with Crippen molar-refractivity contribution in [2.45, 2.75) is 32.4 Å². The molecule has 0 spiro atoms. The minimum absolute atomic E-state index is 0.0258. The van der Waals surface area contributed by atoms with E-state index in [0.29, 0.717) is 19.8 Å². The van der Waals surface area contributed by atoms with Gasteiger partial charge in [-0.25, -0.2) is 0 Å². The van der Waals surface area contributed by atoms with Crippen molar-refractivity contribution >= 4 is 5.91 Å². The Balaban J connectivity index is 2.42. The fourth-order valence-electron chi connectivity index (χ4n) is 2.00. The van der Waals surface area contributed by atoms with E-state index in [1.807, 2.05) is 18.9 Å². The van der Waals surface area contributed by atoms with Crippen molar-refractivity contribution in [2.24, 2.45) is 5.92 Å². The van der Waals surface area contributed by atoms with Gasteiger partial charge in [-0.15, -0.1) is 0 Å². The Labute approximate surface area is 103 Å². The molecule has 0 aromatic rings. The van der Waals surface area contributed by atoms with Crippen LogP contribution in [0.15, 0.2) is 0 Å². The van der Waals surface area contributed by atoms with E-state index in [1.54, 1.807) is 6.92 Å². The number of amides is 1. The first-order valence-corrected chi connectivity index (χ1v) is 6.25. The second-order valence-corrected chi connectivity index (χ2v) is 4.98. The van der Waals surface area contributed by atoms with Gasteiger partial charge in [0.05, 0.1) is 0 Å². The lowest BCUT2D eigenvalue weighted by atomic mass is 9.99. The molecular weight excluding hydrogens is 220 g/mol. The Morgan fingerprint density at radius 3 is 2.65 bits per heavy atom. The van der Waals surface area contributed by atoms with Crippen molar-refractivity contribution in [1.82, 2.24) is 10.2 Å². The van der Waals surface area contributed by atoms with Crippen molar-refractivity contribution in [3.8, 4) is 0 Å². The molecule has 1 aliphatic heterocycles. The minimum Gasteiger partial charge on any atom is -0.381 e. The monoisotopic (exact) mass is 244 g/mol. The third-order valence-electron chi connectivity index (χ3n) is 3.10. The van der Waals surface area contributed by atoms with Crippen LogP contribution in [0, 0.1) is 5.92 Å². The Bertz CT molecular complexity index is 250. The van der Waals surface area contributed by atoms with Gasteiger partial charge in [0, 0.05) is 25.7 Å². The molecule has 1 fully saturated rings. The Morgan fingerprint density at radius 1 is 1.53 bits per heavy atom. The van der Waals surface area contributed by atoms with Gasteiger partial charge in [-0.1, -0.05) is 6.92 Å². The lowest BCUT2D eigenvalue weighted by Crippen LogP contribution is -2.54. The van der Waals surface area contributed by atoms with Gasteiger partial charge in [0.25, 0.3) is 0 Å². The van der Waals surface area contributed by atoms with E-state index in [9.17, 15) is 9.90 Å². The number of hydrogen-bond donors (Lipinski definition) is 2. The van der Waals surface area contributed by atoms with Crippen LogP contribution in [0.1, 0.15) is 26.7 Å². The number of carbonyl (C=O) groups excluding carboxylic acids is 1. The van der Waals surface area contributed by atoms with Crippen LogP contribution in [0.2, 0.25) is 0 Å². The summed E-state index contributed by atoms with van der Waals surface area (Å²) >= 11 is 0. The lowest BCUT2D eigenvalue weighted by molar-refractivity contribution is -0.135. The largest absolute Gasteiger partial charge is 0.381 e.